The number of amides is 1. The minimum absolute atomic E-state index is 0.163. The highest BCUT2D eigenvalue weighted by atomic mass is 35.5. The van der Waals surface area contributed by atoms with Gasteiger partial charge in [0.2, 0.25) is 0 Å². The molecule has 1 rings (SSSR count). The average molecular weight is 296 g/mol. The summed E-state index contributed by atoms with van der Waals surface area (Å²) in [6.07, 6.45) is 0. The quantitative estimate of drug-likeness (QED) is 0.764. The van der Waals surface area contributed by atoms with E-state index in [1.165, 1.54) is 17.9 Å². The van der Waals surface area contributed by atoms with Gasteiger partial charge < -0.3 is 4.90 Å². The second kappa shape index (κ2) is 6.90. The first-order valence-electron chi connectivity index (χ1n) is 5.38. The number of benzene rings is 1. The lowest BCUT2D eigenvalue weighted by Crippen LogP contribution is -2.35. The molecule has 0 aliphatic carbocycles. The zero-order valence-corrected chi connectivity index (χ0v) is 11.4. The Labute approximate surface area is 114 Å². The minimum Gasteiger partial charge on any atom is -0.336 e. The van der Waals surface area contributed by atoms with Crippen LogP contribution >= 0.6 is 23.2 Å². The molecular weight excluding hydrogens is 283 g/mol. The van der Waals surface area contributed by atoms with Crippen LogP contribution in [0, 0.1) is 18.6 Å². The summed E-state index contributed by atoms with van der Waals surface area (Å²) in [5, 5.41) is 0. The molecular formula is C12H13Cl2F2NO. The van der Waals surface area contributed by atoms with E-state index in [0.717, 1.165) is 0 Å². The van der Waals surface area contributed by atoms with Crippen LogP contribution in [0.2, 0.25) is 0 Å². The molecule has 1 amide bonds. The molecule has 0 radical (unpaired) electrons. The van der Waals surface area contributed by atoms with E-state index >= 15 is 0 Å². The number of carbonyl (C=O) groups excluding carboxylic acids is 1. The van der Waals surface area contributed by atoms with Crippen molar-refractivity contribution in [2.45, 2.75) is 6.92 Å². The lowest BCUT2D eigenvalue weighted by atomic mass is 10.1. The topological polar surface area (TPSA) is 20.3 Å². The fourth-order valence-electron chi connectivity index (χ4n) is 1.51. The zero-order valence-electron chi connectivity index (χ0n) is 9.85. The Morgan fingerprint density at radius 3 is 2.22 bits per heavy atom. The van der Waals surface area contributed by atoms with Gasteiger partial charge in [0.25, 0.3) is 5.91 Å². The molecule has 0 fully saturated rings. The van der Waals surface area contributed by atoms with Gasteiger partial charge in [0.1, 0.15) is 11.6 Å². The molecule has 0 N–H and O–H groups in total. The van der Waals surface area contributed by atoms with Crippen molar-refractivity contribution in [3.63, 3.8) is 0 Å². The van der Waals surface area contributed by atoms with Gasteiger partial charge in [-0.15, -0.1) is 23.2 Å². The van der Waals surface area contributed by atoms with Gasteiger partial charge in [0, 0.05) is 30.9 Å². The average Bonchev–Trinajstić information content (AvgIpc) is 2.33. The Bertz CT molecular complexity index is 434. The van der Waals surface area contributed by atoms with Gasteiger partial charge in [0.05, 0.1) is 5.56 Å². The van der Waals surface area contributed by atoms with Gasteiger partial charge in [-0.05, 0) is 18.6 Å². The fraction of sp³-hybridized carbons (Fsp3) is 0.417. The molecule has 0 spiro atoms. The molecule has 6 heteroatoms. The highest BCUT2D eigenvalue weighted by Gasteiger charge is 2.20. The maximum atomic E-state index is 13.6. The molecule has 0 heterocycles. The molecule has 100 valence electrons. The third-order valence-electron chi connectivity index (χ3n) is 2.47. The van der Waals surface area contributed by atoms with E-state index in [4.69, 9.17) is 23.2 Å². The normalized spacial score (nSPS) is 10.5. The first kappa shape index (κ1) is 15.2. The maximum Gasteiger partial charge on any atom is 0.256 e. The summed E-state index contributed by atoms with van der Waals surface area (Å²) in [4.78, 5) is 13.4. The third-order valence-corrected chi connectivity index (χ3v) is 2.81. The molecule has 0 aliphatic rings. The van der Waals surface area contributed by atoms with Gasteiger partial charge in [-0.25, -0.2) is 8.78 Å². The Balaban J connectivity index is 3.04. The summed E-state index contributed by atoms with van der Waals surface area (Å²) in [5.74, 6) is -1.63. The summed E-state index contributed by atoms with van der Waals surface area (Å²) >= 11 is 11.1. The highest BCUT2D eigenvalue weighted by Crippen LogP contribution is 2.16. The van der Waals surface area contributed by atoms with Crippen molar-refractivity contribution >= 4 is 29.1 Å². The molecule has 18 heavy (non-hydrogen) atoms. The van der Waals surface area contributed by atoms with Crippen LogP contribution in [0.1, 0.15) is 15.9 Å². The lowest BCUT2D eigenvalue weighted by Gasteiger charge is -2.21. The number of aryl methyl sites for hydroxylation is 1. The van der Waals surface area contributed by atoms with Crippen molar-refractivity contribution in [1.82, 2.24) is 4.90 Å². The Kier molecular flexibility index (Phi) is 5.82. The van der Waals surface area contributed by atoms with Crippen molar-refractivity contribution < 1.29 is 13.6 Å². The summed E-state index contributed by atoms with van der Waals surface area (Å²) in [5.41, 5.74) is 0.0561. The van der Waals surface area contributed by atoms with Crippen LogP contribution in [-0.2, 0) is 0 Å². The zero-order chi connectivity index (χ0) is 13.7. The highest BCUT2D eigenvalue weighted by molar-refractivity contribution is 6.18. The minimum atomic E-state index is -0.878. The largest absolute Gasteiger partial charge is 0.336 e. The first-order chi connectivity index (χ1) is 8.51. The number of hydrogen-bond acceptors (Lipinski definition) is 1. The molecule has 0 saturated heterocycles. The SMILES string of the molecule is Cc1cc(C(=O)N(CCCl)CCCl)c(F)cc1F. The number of rotatable bonds is 5. The van der Waals surface area contributed by atoms with Gasteiger partial charge in [-0.2, -0.15) is 0 Å². The summed E-state index contributed by atoms with van der Waals surface area (Å²) in [7, 11) is 0. The molecule has 0 saturated carbocycles. The van der Waals surface area contributed by atoms with E-state index in [2.05, 4.69) is 0 Å². The van der Waals surface area contributed by atoms with Gasteiger partial charge >= 0.3 is 0 Å². The molecule has 0 aliphatic heterocycles. The Morgan fingerprint density at radius 2 is 1.72 bits per heavy atom. The molecule has 0 atom stereocenters. The number of carbonyl (C=O) groups is 1. The van der Waals surface area contributed by atoms with Gasteiger partial charge in [-0.1, -0.05) is 0 Å². The lowest BCUT2D eigenvalue weighted by molar-refractivity contribution is 0.0770. The summed E-state index contributed by atoms with van der Waals surface area (Å²) < 4.78 is 26.7. The van der Waals surface area contributed by atoms with Crippen LogP contribution in [-0.4, -0.2) is 35.7 Å². The van der Waals surface area contributed by atoms with Crippen LogP contribution in [0.4, 0.5) is 8.78 Å². The van der Waals surface area contributed by atoms with Crippen LogP contribution < -0.4 is 0 Å². The molecule has 1 aromatic rings. The van der Waals surface area contributed by atoms with Crippen LogP contribution in [0.5, 0.6) is 0 Å². The summed E-state index contributed by atoms with van der Waals surface area (Å²) in [6, 6.07) is 1.91. The smallest absolute Gasteiger partial charge is 0.256 e. The van der Waals surface area contributed by atoms with E-state index < -0.39 is 17.5 Å². The van der Waals surface area contributed by atoms with E-state index in [0.29, 0.717) is 6.07 Å². The number of halogens is 4. The second-order valence-corrected chi connectivity index (χ2v) is 4.51. The van der Waals surface area contributed by atoms with Gasteiger partial charge in [-0.3, -0.25) is 4.79 Å². The van der Waals surface area contributed by atoms with Crippen molar-refractivity contribution in [3.05, 3.63) is 34.9 Å². The third kappa shape index (κ3) is 3.56. The van der Waals surface area contributed by atoms with Crippen molar-refractivity contribution in [3.8, 4) is 0 Å². The maximum absolute atomic E-state index is 13.6. The molecule has 0 bridgehead atoms. The van der Waals surface area contributed by atoms with E-state index in [9.17, 15) is 13.6 Å². The summed E-state index contributed by atoms with van der Waals surface area (Å²) in [6.45, 7) is 2.00. The first-order valence-corrected chi connectivity index (χ1v) is 6.45. The molecule has 0 unspecified atom stereocenters. The van der Waals surface area contributed by atoms with Crippen LogP contribution in [0.25, 0.3) is 0 Å². The van der Waals surface area contributed by atoms with Crippen LogP contribution in [0.15, 0.2) is 12.1 Å². The van der Waals surface area contributed by atoms with Crippen molar-refractivity contribution in [2.75, 3.05) is 24.8 Å². The fourth-order valence-corrected chi connectivity index (χ4v) is 1.92. The second-order valence-electron chi connectivity index (χ2n) is 3.75. The monoisotopic (exact) mass is 295 g/mol. The number of hydrogen-bond donors (Lipinski definition) is 0. The Morgan fingerprint density at radius 1 is 1.17 bits per heavy atom. The number of nitrogens with zero attached hydrogens (tertiary/aromatic N) is 1. The molecule has 1 aromatic carbocycles. The predicted molar refractivity (Wildman–Crippen MR) is 68.4 cm³/mol. The van der Waals surface area contributed by atoms with Crippen molar-refractivity contribution in [2.24, 2.45) is 0 Å². The Hall–Kier alpha value is -0.870. The standard InChI is InChI=1S/C12H13Cl2F2NO/c1-8-6-9(11(16)7-10(8)15)12(18)17(4-2-13)5-3-14/h6-7H,2-5H2,1H3. The predicted octanol–water partition coefficient (Wildman–Crippen LogP) is 3.19. The number of alkyl halides is 2. The van der Waals surface area contributed by atoms with Crippen LogP contribution in [0.3, 0.4) is 0 Å². The van der Waals surface area contributed by atoms with E-state index in [1.54, 1.807) is 0 Å². The van der Waals surface area contributed by atoms with E-state index in [-0.39, 0.29) is 36.0 Å². The van der Waals surface area contributed by atoms with Crippen molar-refractivity contribution in [1.29, 1.82) is 0 Å². The molecule has 0 aromatic heterocycles. The van der Waals surface area contributed by atoms with Gasteiger partial charge in [0.15, 0.2) is 0 Å². The molecule has 2 nitrogen and oxygen atoms in total. The van der Waals surface area contributed by atoms with E-state index in [1.807, 2.05) is 0 Å².